The second-order valence-corrected chi connectivity index (χ2v) is 8.44. The minimum Gasteiger partial charge on any atom is -0.475 e. The predicted molar refractivity (Wildman–Crippen MR) is 108 cm³/mol. The lowest BCUT2D eigenvalue weighted by atomic mass is 9.83. The maximum absolute atomic E-state index is 12.3. The van der Waals surface area contributed by atoms with E-state index in [1.807, 2.05) is 0 Å². The average Bonchev–Trinajstić information content (AvgIpc) is 3.40. The number of benzene rings is 1. The third kappa shape index (κ3) is 6.43. The van der Waals surface area contributed by atoms with E-state index in [0.29, 0.717) is 24.9 Å². The number of carbonyl (C=O) groups is 2. The van der Waals surface area contributed by atoms with E-state index in [0.717, 1.165) is 45.6 Å². The largest absolute Gasteiger partial charge is 0.490 e. The molecular formula is C22H29F3N2O5. The lowest BCUT2D eigenvalue weighted by Crippen LogP contribution is -2.42. The summed E-state index contributed by atoms with van der Waals surface area (Å²) in [6, 6.07) is 8.63. The third-order valence-corrected chi connectivity index (χ3v) is 6.18. The molecule has 0 unspecified atom stereocenters. The van der Waals surface area contributed by atoms with Crippen LogP contribution in [0.3, 0.4) is 0 Å². The Morgan fingerprint density at radius 3 is 2.56 bits per heavy atom. The highest BCUT2D eigenvalue weighted by Gasteiger charge is 2.42. The van der Waals surface area contributed by atoms with Crippen LogP contribution in [-0.4, -0.2) is 72.1 Å². The molecule has 7 nitrogen and oxygen atoms in total. The molecule has 32 heavy (non-hydrogen) atoms. The first-order valence-corrected chi connectivity index (χ1v) is 10.8. The highest BCUT2D eigenvalue weighted by atomic mass is 19.4. The van der Waals surface area contributed by atoms with Crippen molar-refractivity contribution in [3.8, 4) is 0 Å². The molecule has 1 amide bonds. The monoisotopic (exact) mass is 458 g/mol. The number of nitrogens with zero attached hydrogens (tertiary/aromatic N) is 2. The van der Waals surface area contributed by atoms with Gasteiger partial charge in [-0.05, 0) is 43.4 Å². The molecule has 3 atom stereocenters. The lowest BCUT2D eigenvalue weighted by molar-refractivity contribution is -0.192. The number of hydrogen-bond donors (Lipinski definition) is 1. The van der Waals surface area contributed by atoms with Crippen LogP contribution in [0.25, 0.3) is 0 Å². The van der Waals surface area contributed by atoms with Gasteiger partial charge in [-0.1, -0.05) is 24.3 Å². The summed E-state index contributed by atoms with van der Waals surface area (Å²) in [6.45, 7) is 7.53. The van der Waals surface area contributed by atoms with Crippen molar-refractivity contribution in [1.29, 1.82) is 0 Å². The summed E-state index contributed by atoms with van der Waals surface area (Å²) in [5.41, 5.74) is 2.78. The minimum absolute atomic E-state index is 0.0716. The molecule has 0 bridgehead atoms. The minimum atomic E-state index is -5.08. The number of carboxylic acid groups (broad SMARTS) is 1. The van der Waals surface area contributed by atoms with E-state index in [4.69, 9.17) is 19.5 Å². The van der Waals surface area contributed by atoms with Gasteiger partial charge in [0.2, 0.25) is 5.91 Å². The molecule has 3 aliphatic rings. The molecule has 0 aromatic heterocycles. The number of ether oxygens (including phenoxy) is 1. The van der Waals surface area contributed by atoms with Crippen molar-refractivity contribution in [3.05, 3.63) is 35.4 Å². The van der Waals surface area contributed by atoms with Crippen LogP contribution in [0.2, 0.25) is 0 Å². The van der Waals surface area contributed by atoms with Gasteiger partial charge in [-0.2, -0.15) is 13.2 Å². The number of carbonyl (C=O) groups excluding carboxylic acids is 1. The fraction of sp³-hybridized carbons (Fsp3) is 0.636. The van der Waals surface area contributed by atoms with E-state index in [2.05, 4.69) is 36.1 Å². The van der Waals surface area contributed by atoms with Crippen LogP contribution in [0, 0.1) is 18.8 Å². The van der Waals surface area contributed by atoms with Crippen molar-refractivity contribution in [3.63, 3.8) is 0 Å². The number of hydrogen-bond acceptors (Lipinski definition) is 5. The summed E-state index contributed by atoms with van der Waals surface area (Å²) < 4.78 is 37.8. The molecule has 178 valence electrons. The molecule has 0 spiro atoms. The van der Waals surface area contributed by atoms with Crippen molar-refractivity contribution in [1.82, 2.24) is 9.96 Å². The summed E-state index contributed by atoms with van der Waals surface area (Å²) in [4.78, 5) is 29.1. The Bertz CT molecular complexity index is 798. The second-order valence-electron chi connectivity index (χ2n) is 8.44. The maximum atomic E-state index is 12.3. The first-order chi connectivity index (χ1) is 15.1. The van der Waals surface area contributed by atoms with Crippen LogP contribution in [0.15, 0.2) is 24.3 Å². The fourth-order valence-electron chi connectivity index (χ4n) is 4.46. The van der Waals surface area contributed by atoms with Crippen LogP contribution in [0.4, 0.5) is 13.2 Å². The third-order valence-electron chi connectivity index (χ3n) is 6.18. The molecular weight excluding hydrogens is 429 g/mol. The molecule has 3 saturated heterocycles. The summed E-state index contributed by atoms with van der Waals surface area (Å²) >= 11 is 0. The Balaban J connectivity index is 0.000000360. The van der Waals surface area contributed by atoms with Gasteiger partial charge in [-0.3, -0.25) is 14.5 Å². The molecule has 1 N–H and O–H groups in total. The van der Waals surface area contributed by atoms with Crippen LogP contribution < -0.4 is 0 Å². The normalized spacial score (nSPS) is 25.8. The van der Waals surface area contributed by atoms with E-state index in [-0.39, 0.29) is 12.0 Å². The van der Waals surface area contributed by atoms with E-state index < -0.39 is 12.1 Å². The number of piperidine rings is 1. The average molecular weight is 458 g/mol. The number of fused-ring (bicyclic) bond motifs is 1. The highest BCUT2D eigenvalue weighted by molar-refractivity contribution is 5.75. The van der Waals surface area contributed by atoms with Crippen molar-refractivity contribution >= 4 is 11.9 Å². The van der Waals surface area contributed by atoms with Gasteiger partial charge in [0.1, 0.15) is 0 Å². The van der Waals surface area contributed by atoms with Gasteiger partial charge in [0.15, 0.2) is 0 Å². The van der Waals surface area contributed by atoms with E-state index >= 15 is 0 Å². The number of alkyl halides is 3. The zero-order valence-corrected chi connectivity index (χ0v) is 18.0. The fourth-order valence-corrected chi connectivity index (χ4v) is 4.46. The van der Waals surface area contributed by atoms with Crippen LogP contribution in [0.1, 0.15) is 30.4 Å². The summed E-state index contributed by atoms with van der Waals surface area (Å²) in [5.74, 6) is -1.60. The van der Waals surface area contributed by atoms with Gasteiger partial charge in [0.25, 0.3) is 0 Å². The number of hydroxylamine groups is 2. The molecule has 3 heterocycles. The van der Waals surface area contributed by atoms with Crippen molar-refractivity contribution in [2.45, 2.75) is 45.0 Å². The Morgan fingerprint density at radius 1 is 1.22 bits per heavy atom. The first-order valence-electron chi connectivity index (χ1n) is 10.8. The zero-order valence-electron chi connectivity index (χ0n) is 18.0. The molecule has 3 aliphatic heterocycles. The standard InChI is InChI=1S/C20H28N2O3.C2HF3O2/c1-15-5-2-3-6-16(15)12-21-9-7-18-17(13-21)14-24-19(18)11-20(23)22-8-4-10-25-22;3-2(4,5)1(6)7/h2-3,5-6,17-19H,4,7-14H2,1H3;(H,6,7)/t17-,18-,19-;/m1./s1. The van der Waals surface area contributed by atoms with Gasteiger partial charge < -0.3 is 9.84 Å². The van der Waals surface area contributed by atoms with Crippen LogP contribution in [0.5, 0.6) is 0 Å². The number of halogens is 3. The number of aliphatic carboxylic acids is 1. The number of aryl methyl sites for hydroxylation is 1. The van der Waals surface area contributed by atoms with Crippen molar-refractivity contribution < 1.29 is 37.4 Å². The van der Waals surface area contributed by atoms with Gasteiger partial charge in [-0.25, -0.2) is 9.86 Å². The quantitative estimate of drug-likeness (QED) is 0.747. The van der Waals surface area contributed by atoms with Crippen LogP contribution >= 0.6 is 0 Å². The SMILES string of the molecule is Cc1ccccc1CN1CC[C@@H]2[C@@H](CO[C@@H]2CC(=O)N2CCCO2)C1.O=C(O)C(F)(F)F. The number of likely N-dealkylation sites (tertiary alicyclic amines) is 1. The number of amides is 1. The Labute approximate surface area is 185 Å². The second kappa shape index (κ2) is 10.6. The molecule has 0 aliphatic carbocycles. The zero-order chi connectivity index (χ0) is 23.3. The first kappa shape index (κ1) is 24.5. The summed E-state index contributed by atoms with van der Waals surface area (Å²) in [5, 5.41) is 8.66. The maximum Gasteiger partial charge on any atom is 0.490 e. The Kier molecular flexibility index (Phi) is 8.13. The van der Waals surface area contributed by atoms with Gasteiger partial charge >= 0.3 is 12.1 Å². The van der Waals surface area contributed by atoms with Gasteiger partial charge in [0, 0.05) is 19.0 Å². The molecule has 0 saturated carbocycles. The summed E-state index contributed by atoms with van der Waals surface area (Å²) in [6.07, 6.45) is -2.48. The molecule has 4 rings (SSSR count). The highest BCUT2D eigenvalue weighted by Crippen LogP contribution is 2.36. The van der Waals surface area contributed by atoms with Crippen molar-refractivity contribution in [2.75, 3.05) is 32.8 Å². The molecule has 3 fully saturated rings. The van der Waals surface area contributed by atoms with Crippen LogP contribution in [-0.2, 0) is 25.7 Å². The lowest BCUT2D eigenvalue weighted by Gasteiger charge is -2.36. The van der Waals surface area contributed by atoms with Gasteiger partial charge in [0.05, 0.1) is 32.3 Å². The Hall–Kier alpha value is -2.17. The topological polar surface area (TPSA) is 79.3 Å². The molecule has 1 aromatic rings. The number of carboxylic acids is 1. The predicted octanol–water partition coefficient (Wildman–Crippen LogP) is 3.02. The summed E-state index contributed by atoms with van der Waals surface area (Å²) in [7, 11) is 0. The smallest absolute Gasteiger partial charge is 0.475 e. The molecule has 0 radical (unpaired) electrons. The van der Waals surface area contributed by atoms with E-state index in [1.54, 1.807) is 0 Å². The number of rotatable bonds is 4. The van der Waals surface area contributed by atoms with E-state index in [1.165, 1.54) is 16.2 Å². The van der Waals surface area contributed by atoms with Crippen molar-refractivity contribution in [2.24, 2.45) is 11.8 Å². The molecule has 1 aromatic carbocycles. The van der Waals surface area contributed by atoms with Gasteiger partial charge in [-0.15, -0.1) is 0 Å². The Morgan fingerprint density at radius 2 is 1.94 bits per heavy atom. The molecule has 10 heteroatoms. The van der Waals surface area contributed by atoms with E-state index in [9.17, 15) is 18.0 Å².